The van der Waals surface area contributed by atoms with E-state index in [-0.39, 0.29) is 17.9 Å². The quantitative estimate of drug-likeness (QED) is 0.192. The van der Waals surface area contributed by atoms with Crippen molar-refractivity contribution in [2.24, 2.45) is 0 Å². The van der Waals surface area contributed by atoms with Crippen LogP contribution >= 0.6 is 0 Å². The Bertz CT molecular complexity index is 2430. The maximum Gasteiger partial charge on any atom is 0.409 e. The number of para-hydroxylation sites is 2. The molecular formula is C44H46N8O4. The lowest BCUT2D eigenvalue weighted by Crippen LogP contribution is -2.38. The summed E-state index contributed by atoms with van der Waals surface area (Å²) in [5.74, 6) is 2.67. The number of carbonyl (C=O) groups excluding carboxylic acids is 3. The van der Waals surface area contributed by atoms with Gasteiger partial charge in [0.15, 0.2) is 0 Å². The number of imidazole rings is 2. The first-order valence-electron chi connectivity index (χ1n) is 19.8. The highest BCUT2D eigenvalue weighted by atomic mass is 16.5. The van der Waals surface area contributed by atoms with Gasteiger partial charge >= 0.3 is 6.09 Å². The van der Waals surface area contributed by atoms with Crippen LogP contribution in [0.1, 0.15) is 69.4 Å². The van der Waals surface area contributed by atoms with Crippen molar-refractivity contribution in [3.63, 3.8) is 0 Å². The molecule has 3 N–H and O–H groups in total. The van der Waals surface area contributed by atoms with E-state index >= 15 is 0 Å². The van der Waals surface area contributed by atoms with E-state index in [1.807, 2.05) is 36.4 Å². The number of piperidine rings is 2. The molecule has 12 heteroatoms. The summed E-state index contributed by atoms with van der Waals surface area (Å²) in [7, 11) is 1.43. The molecule has 3 amide bonds. The van der Waals surface area contributed by atoms with E-state index in [0.717, 1.165) is 83.9 Å². The number of hydrogen-bond donors (Lipinski definition) is 3. The zero-order chi connectivity index (χ0) is 38.2. The molecule has 0 saturated carbocycles. The van der Waals surface area contributed by atoms with E-state index in [2.05, 4.69) is 73.6 Å². The van der Waals surface area contributed by atoms with Gasteiger partial charge in [-0.2, -0.15) is 0 Å². The first-order chi connectivity index (χ1) is 27.5. The topological polar surface area (TPSA) is 135 Å². The van der Waals surface area contributed by atoms with Crippen molar-refractivity contribution in [1.29, 1.82) is 0 Å². The fraction of sp³-hybridized carbons (Fsp3) is 0.341. The van der Waals surface area contributed by atoms with E-state index in [0.29, 0.717) is 49.1 Å². The molecule has 6 aromatic rings. The molecule has 0 bridgehead atoms. The maximum atomic E-state index is 12.4. The monoisotopic (exact) mass is 750 g/mol. The van der Waals surface area contributed by atoms with Gasteiger partial charge in [0.05, 0.1) is 40.3 Å². The first kappa shape index (κ1) is 35.7. The minimum Gasteiger partial charge on any atom is -0.453 e. The Morgan fingerprint density at radius 1 is 0.661 bits per heavy atom. The van der Waals surface area contributed by atoms with E-state index in [1.165, 1.54) is 31.1 Å². The smallest absolute Gasteiger partial charge is 0.409 e. The van der Waals surface area contributed by atoms with Gasteiger partial charge in [-0.05, 0) is 73.5 Å². The van der Waals surface area contributed by atoms with Gasteiger partial charge < -0.3 is 34.7 Å². The van der Waals surface area contributed by atoms with Crippen molar-refractivity contribution in [2.45, 2.75) is 50.6 Å². The SMILES string of the molecule is COC(=O)N1CCCC(c2ccc(-c3nc4cccc5c4n3CCNC5=O)cc2)C1.O=C1NCCn2c(-c3ccc(C4CCCNC4)cc3)nc3cccc1c32. The van der Waals surface area contributed by atoms with Gasteiger partial charge in [0.1, 0.15) is 11.6 Å². The van der Waals surface area contributed by atoms with Crippen molar-refractivity contribution < 1.29 is 19.1 Å². The third-order valence-corrected chi connectivity index (χ3v) is 11.7. The van der Waals surface area contributed by atoms with Crippen LogP contribution in [0.3, 0.4) is 0 Å². The number of hydrogen-bond acceptors (Lipinski definition) is 7. The summed E-state index contributed by atoms with van der Waals surface area (Å²) >= 11 is 0. The van der Waals surface area contributed by atoms with Crippen molar-refractivity contribution in [1.82, 2.24) is 40.0 Å². The normalized spacial score (nSPS) is 19.3. The Morgan fingerprint density at radius 2 is 1.20 bits per heavy atom. The average molecular weight is 751 g/mol. The second-order valence-corrected chi connectivity index (χ2v) is 15.1. The molecule has 2 aromatic heterocycles. The first-order valence-corrected chi connectivity index (χ1v) is 19.8. The largest absolute Gasteiger partial charge is 0.453 e. The van der Waals surface area contributed by atoms with Gasteiger partial charge in [0.25, 0.3) is 11.8 Å². The third-order valence-electron chi connectivity index (χ3n) is 11.7. The number of amides is 3. The van der Waals surface area contributed by atoms with Crippen LogP contribution in [0.4, 0.5) is 4.79 Å². The summed E-state index contributed by atoms with van der Waals surface area (Å²) in [6.07, 6.45) is 4.27. The molecule has 4 aliphatic rings. The highest BCUT2D eigenvalue weighted by Gasteiger charge is 2.27. The molecule has 4 aliphatic heterocycles. The van der Waals surface area contributed by atoms with Gasteiger partial charge in [-0.1, -0.05) is 60.7 Å². The van der Waals surface area contributed by atoms with Crippen LogP contribution in [0.25, 0.3) is 44.8 Å². The fourth-order valence-corrected chi connectivity index (χ4v) is 8.86. The lowest BCUT2D eigenvalue weighted by molar-refractivity contribution is 0.0948. The number of methoxy groups -OCH3 is 1. The van der Waals surface area contributed by atoms with Crippen LogP contribution < -0.4 is 16.0 Å². The van der Waals surface area contributed by atoms with Gasteiger partial charge in [0, 0.05) is 62.9 Å². The molecule has 6 heterocycles. The predicted molar refractivity (Wildman–Crippen MR) is 216 cm³/mol. The summed E-state index contributed by atoms with van der Waals surface area (Å²) in [6, 6.07) is 28.7. The molecule has 2 unspecified atom stereocenters. The molecule has 4 aromatic carbocycles. The number of nitrogens with one attached hydrogen (secondary N) is 3. The molecule has 286 valence electrons. The molecule has 2 atom stereocenters. The van der Waals surface area contributed by atoms with Crippen molar-refractivity contribution in [3.05, 3.63) is 107 Å². The second-order valence-electron chi connectivity index (χ2n) is 15.1. The fourth-order valence-electron chi connectivity index (χ4n) is 8.86. The number of ether oxygens (including phenoxy) is 1. The van der Waals surface area contributed by atoms with E-state index in [4.69, 9.17) is 14.7 Å². The minimum atomic E-state index is -0.255. The zero-order valence-electron chi connectivity index (χ0n) is 31.6. The Balaban J connectivity index is 0.000000148. The average Bonchev–Trinajstić information content (AvgIpc) is 3.70. The maximum absolute atomic E-state index is 12.4. The summed E-state index contributed by atoms with van der Waals surface area (Å²) in [4.78, 5) is 48.0. The van der Waals surface area contributed by atoms with Crippen LogP contribution in [0.2, 0.25) is 0 Å². The lowest BCUT2D eigenvalue weighted by atomic mass is 9.90. The summed E-state index contributed by atoms with van der Waals surface area (Å²) in [5.41, 5.74) is 9.69. The molecule has 12 nitrogen and oxygen atoms in total. The van der Waals surface area contributed by atoms with E-state index < -0.39 is 0 Å². The standard InChI is InChI=1S/C23H24N4O3.C21H22N4O/c1-30-23(29)26-12-3-4-17(14-26)15-7-9-16(10-8-15)21-25-19-6-2-5-18-20(19)27(21)13-11-24-22(18)28;26-21-17-4-1-5-18-19(17)25(12-11-23-21)20(24-18)15-8-6-14(7-9-15)16-3-2-10-22-13-16/h2,5-10,17H,3-4,11-14H2,1H3,(H,24,28);1,4-9,16,22H,2-3,10-13H2,(H,23,26). The minimum absolute atomic E-state index is 0.0130. The van der Waals surface area contributed by atoms with Gasteiger partial charge in [-0.25, -0.2) is 14.8 Å². The number of likely N-dealkylation sites (tertiary alicyclic amines) is 1. The summed E-state index contributed by atoms with van der Waals surface area (Å²) < 4.78 is 9.20. The van der Waals surface area contributed by atoms with Gasteiger partial charge in [-0.3, -0.25) is 9.59 Å². The lowest BCUT2D eigenvalue weighted by Gasteiger charge is -2.32. The Labute approximate surface area is 325 Å². The molecule has 0 radical (unpaired) electrons. The van der Waals surface area contributed by atoms with Crippen LogP contribution in [-0.2, 0) is 17.8 Å². The number of benzene rings is 4. The van der Waals surface area contributed by atoms with Crippen molar-refractivity contribution in [3.8, 4) is 22.8 Å². The molecule has 0 spiro atoms. The van der Waals surface area contributed by atoms with E-state index in [1.54, 1.807) is 4.90 Å². The molecule has 2 fully saturated rings. The number of rotatable bonds is 4. The van der Waals surface area contributed by atoms with Crippen LogP contribution in [0.5, 0.6) is 0 Å². The molecule has 56 heavy (non-hydrogen) atoms. The van der Waals surface area contributed by atoms with Crippen molar-refractivity contribution in [2.75, 3.05) is 46.4 Å². The summed E-state index contributed by atoms with van der Waals surface area (Å²) in [5, 5.41) is 9.42. The van der Waals surface area contributed by atoms with Crippen molar-refractivity contribution >= 4 is 40.0 Å². The Hall–Kier alpha value is -6.01. The van der Waals surface area contributed by atoms with Crippen LogP contribution in [-0.4, -0.2) is 88.3 Å². The van der Waals surface area contributed by atoms with Gasteiger partial charge in [0.2, 0.25) is 0 Å². The second kappa shape index (κ2) is 15.3. The van der Waals surface area contributed by atoms with Gasteiger partial charge in [-0.15, -0.1) is 0 Å². The molecule has 0 aliphatic carbocycles. The Kier molecular flexibility index (Phi) is 9.72. The summed E-state index contributed by atoms with van der Waals surface area (Å²) in [6.45, 7) is 6.26. The Morgan fingerprint density at radius 3 is 1.71 bits per heavy atom. The third kappa shape index (κ3) is 6.68. The molecular weight excluding hydrogens is 705 g/mol. The molecule has 2 saturated heterocycles. The highest BCUT2D eigenvalue weighted by molar-refractivity contribution is 6.07. The number of nitrogens with zero attached hydrogens (tertiary/aromatic N) is 5. The van der Waals surface area contributed by atoms with Crippen LogP contribution in [0, 0.1) is 0 Å². The predicted octanol–water partition coefficient (Wildman–Crippen LogP) is 6.31. The molecule has 10 rings (SSSR count). The number of carbonyl (C=O) groups is 3. The zero-order valence-corrected chi connectivity index (χ0v) is 31.6. The number of aromatic nitrogens is 4. The van der Waals surface area contributed by atoms with Crippen LogP contribution in [0.15, 0.2) is 84.9 Å². The van der Waals surface area contributed by atoms with E-state index in [9.17, 15) is 14.4 Å². The highest BCUT2D eigenvalue weighted by Crippen LogP contribution is 2.33.